The third-order valence-corrected chi connectivity index (χ3v) is 2.92. The maximum absolute atomic E-state index is 11.6. The highest BCUT2D eigenvalue weighted by Gasteiger charge is 2.20. The average Bonchev–Trinajstić information content (AvgIpc) is 3.01. The molecule has 0 aromatic carbocycles. The predicted octanol–water partition coefficient (Wildman–Crippen LogP) is 1.09. The van der Waals surface area contributed by atoms with Gasteiger partial charge in [0.25, 0.3) is 0 Å². The summed E-state index contributed by atoms with van der Waals surface area (Å²) in [6.45, 7) is 3.27. The fraction of sp³-hybridized carbons (Fsp3) is 0.636. The number of hydrogen-bond donors (Lipinski definition) is 2. The van der Waals surface area contributed by atoms with Crippen LogP contribution in [0.25, 0.3) is 0 Å². The molecule has 5 nitrogen and oxygen atoms in total. The van der Waals surface area contributed by atoms with Crippen molar-refractivity contribution in [2.24, 2.45) is 13.0 Å². The highest BCUT2D eigenvalue weighted by atomic mass is 35.5. The summed E-state index contributed by atoms with van der Waals surface area (Å²) in [6, 6.07) is 0. The molecule has 1 saturated carbocycles. The van der Waals surface area contributed by atoms with Crippen molar-refractivity contribution in [3.8, 4) is 0 Å². The Morgan fingerprint density at radius 1 is 1.59 bits per heavy atom. The zero-order valence-corrected chi connectivity index (χ0v) is 11.0. The highest BCUT2D eigenvalue weighted by Crippen LogP contribution is 2.27. The van der Waals surface area contributed by atoms with Gasteiger partial charge in [-0.3, -0.25) is 9.48 Å². The van der Waals surface area contributed by atoms with Gasteiger partial charge in [-0.15, -0.1) is 12.4 Å². The molecule has 1 heterocycles. The van der Waals surface area contributed by atoms with E-state index in [0.29, 0.717) is 6.54 Å². The Morgan fingerprint density at radius 2 is 2.29 bits per heavy atom. The van der Waals surface area contributed by atoms with Gasteiger partial charge in [0.05, 0.1) is 24.1 Å². The minimum atomic E-state index is -0.00301. The van der Waals surface area contributed by atoms with Crippen LogP contribution in [0.2, 0.25) is 0 Å². The van der Waals surface area contributed by atoms with E-state index < -0.39 is 0 Å². The molecule has 17 heavy (non-hydrogen) atoms. The van der Waals surface area contributed by atoms with E-state index in [4.69, 9.17) is 0 Å². The van der Waals surface area contributed by atoms with Crippen LogP contribution in [-0.2, 0) is 11.8 Å². The molecule has 0 bridgehead atoms. The zero-order chi connectivity index (χ0) is 11.5. The Hall–Kier alpha value is -1.07. The van der Waals surface area contributed by atoms with Gasteiger partial charge in [0.15, 0.2) is 0 Å². The number of halogens is 1. The van der Waals surface area contributed by atoms with Gasteiger partial charge in [0.2, 0.25) is 5.91 Å². The largest absolute Gasteiger partial charge is 0.322 e. The molecule has 2 N–H and O–H groups in total. The molecule has 0 spiro atoms. The lowest BCUT2D eigenvalue weighted by Crippen LogP contribution is -2.29. The topological polar surface area (TPSA) is 59.0 Å². The summed E-state index contributed by atoms with van der Waals surface area (Å²) in [7, 11) is 1.86. The molecule has 0 radical (unpaired) electrons. The zero-order valence-electron chi connectivity index (χ0n) is 10.2. The van der Waals surface area contributed by atoms with Gasteiger partial charge < -0.3 is 10.6 Å². The summed E-state index contributed by atoms with van der Waals surface area (Å²) >= 11 is 0. The first-order valence-electron chi connectivity index (χ1n) is 5.66. The lowest BCUT2D eigenvalue weighted by atomic mass is 10.4. The second-order valence-corrected chi connectivity index (χ2v) is 4.39. The number of carbonyl (C=O) groups is 1. The van der Waals surface area contributed by atoms with Gasteiger partial charge in [-0.2, -0.15) is 5.10 Å². The molecular weight excluding hydrogens is 240 g/mol. The molecule has 1 aromatic rings. The summed E-state index contributed by atoms with van der Waals surface area (Å²) < 4.78 is 1.74. The summed E-state index contributed by atoms with van der Waals surface area (Å²) in [6.07, 6.45) is 4.28. The third kappa shape index (κ3) is 4.02. The van der Waals surface area contributed by atoms with Gasteiger partial charge in [-0.05, 0) is 32.2 Å². The summed E-state index contributed by atoms with van der Waals surface area (Å²) in [4.78, 5) is 11.6. The van der Waals surface area contributed by atoms with E-state index in [1.807, 2.05) is 14.0 Å². The lowest BCUT2D eigenvalue weighted by Gasteiger charge is -2.05. The highest BCUT2D eigenvalue weighted by molar-refractivity contribution is 5.92. The number of hydrogen-bond acceptors (Lipinski definition) is 3. The van der Waals surface area contributed by atoms with E-state index in [2.05, 4.69) is 15.7 Å². The molecule has 6 heteroatoms. The maximum atomic E-state index is 11.6. The molecule has 1 fully saturated rings. The molecule has 0 saturated heterocycles. The van der Waals surface area contributed by atoms with E-state index in [-0.39, 0.29) is 18.3 Å². The van der Waals surface area contributed by atoms with Crippen LogP contribution in [0.1, 0.15) is 18.5 Å². The van der Waals surface area contributed by atoms with Crippen molar-refractivity contribution in [1.29, 1.82) is 0 Å². The number of nitrogens with one attached hydrogen (secondary N) is 2. The number of carbonyl (C=O) groups excluding carboxylic acids is 1. The van der Waals surface area contributed by atoms with Crippen LogP contribution in [-0.4, -0.2) is 28.8 Å². The molecular formula is C11H19ClN4O. The molecule has 0 atom stereocenters. The number of nitrogens with zero attached hydrogens (tertiary/aromatic N) is 2. The average molecular weight is 259 g/mol. The van der Waals surface area contributed by atoms with Crippen LogP contribution < -0.4 is 10.6 Å². The number of amides is 1. The maximum Gasteiger partial charge on any atom is 0.238 e. The first-order valence-corrected chi connectivity index (χ1v) is 5.66. The molecule has 1 aliphatic carbocycles. The van der Waals surface area contributed by atoms with Crippen molar-refractivity contribution in [2.45, 2.75) is 19.8 Å². The predicted molar refractivity (Wildman–Crippen MR) is 69.4 cm³/mol. The summed E-state index contributed by atoms with van der Waals surface area (Å²) in [5.74, 6) is 0.796. The van der Waals surface area contributed by atoms with Crippen molar-refractivity contribution in [2.75, 3.05) is 18.4 Å². The fourth-order valence-electron chi connectivity index (χ4n) is 1.53. The van der Waals surface area contributed by atoms with Crippen LogP contribution in [0, 0.1) is 12.8 Å². The SMILES string of the molecule is Cc1c(NC(=O)CNCC2CC2)cnn1C.Cl. The molecule has 0 aliphatic heterocycles. The van der Waals surface area contributed by atoms with Crippen molar-refractivity contribution in [1.82, 2.24) is 15.1 Å². The Kier molecular flexibility index (Phi) is 4.96. The van der Waals surface area contributed by atoms with Gasteiger partial charge in [0.1, 0.15) is 0 Å². The van der Waals surface area contributed by atoms with Crippen molar-refractivity contribution in [3.05, 3.63) is 11.9 Å². The van der Waals surface area contributed by atoms with E-state index in [9.17, 15) is 4.79 Å². The molecule has 1 amide bonds. The minimum absolute atomic E-state index is 0. The monoisotopic (exact) mass is 258 g/mol. The minimum Gasteiger partial charge on any atom is -0.322 e. The Morgan fingerprint density at radius 3 is 2.82 bits per heavy atom. The lowest BCUT2D eigenvalue weighted by molar-refractivity contribution is -0.115. The molecule has 1 aromatic heterocycles. The van der Waals surface area contributed by atoms with E-state index in [0.717, 1.165) is 23.8 Å². The Balaban J connectivity index is 0.00000144. The van der Waals surface area contributed by atoms with Crippen molar-refractivity contribution < 1.29 is 4.79 Å². The normalized spacial score (nSPS) is 14.2. The number of rotatable bonds is 5. The summed E-state index contributed by atoms with van der Waals surface area (Å²) in [5, 5.41) is 10.1. The van der Waals surface area contributed by atoms with Gasteiger partial charge in [0, 0.05) is 7.05 Å². The second kappa shape index (κ2) is 6.02. The number of anilines is 1. The molecule has 2 rings (SSSR count). The Bertz CT molecular complexity index is 387. The molecule has 1 aliphatic rings. The molecule has 96 valence electrons. The van der Waals surface area contributed by atoms with Crippen LogP contribution >= 0.6 is 12.4 Å². The smallest absolute Gasteiger partial charge is 0.238 e. The first kappa shape index (κ1) is 14.0. The Labute approximate surface area is 107 Å². The first-order chi connectivity index (χ1) is 7.66. The quantitative estimate of drug-likeness (QED) is 0.831. The van der Waals surface area contributed by atoms with Crippen LogP contribution in [0.5, 0.6) is 0 Å². The second-order valence-electron chi connectivity index (χ2n) is 4.39. The van der Waals surface area contributed by atoms with E-state index in [1.165, 1.54) is 12.8 Å². The third-order valence-electron chi connectivity index (χ3n) is 2.92. The summed E-state index contributed by atoms with van der Waals surface area (Å²) in [5.41, 5.74) is 1.76. The van der Waals surface area contributed by atoms with Crippen LogP contribution in [0.15, 0.2) is 6.20 Å². The van der Waals surface area contributed by atoms with Crippen LogP contribution in [0.3, 0.4) is 0 Å². The van der Waals surface area contributed by atoms with E-state index in [1.54, 1.807) is 10.9 Å². The van der Waals surface area contributed by atoms with Gasteiger partial charge in [-0.25, -0.2) is 0 Å². The van der Waals surface area contributed by atoms with E-state index >= 15 is 0 Å². The van der Waals surface area contributed by atoms with Crippen molar-refractivity contribution >= 4 is 24.0 Å². The standard InChI is InChI=1S/C11H18N4O.ClH/c1-8-10(6-13-15(8)2)14-11(16)7-12-5-9-3-4-9;/h6,9,12H,3-5,7H2,1-2H3,(H,14,16);1H. The van der Waals surface area contributed by atoms with Gasteiger partial charge in [-0.1, -0.05) is 0 Å². The number of aryl methyl sites for hydroxylation is 1. The van der Waals surface area contributed by atoms with Gasteiger partial charge >= 0.3 is 0 Å². The fourth-order valence-corrected chi connectivity index (χ4v) is 1.53. The van der Waals surface area contributed by atoms with Crippen molar-refractivity contribution in [3.63, 3.8) is 0 Å². The molecule has 0 unspecified atom stereocenters. The van der Waals surface area contributed by atoms with Crippen LogP contribution in [0.4, 0.5) is 5.69 Å². The number of aromatic nitrogens is 2.